The summed E-state index contributed by atoms with van der Waals surface area (Å²) in [5.41, 5.74) is 1.14. The molecule has 0 atom stereocenters. The topological polar surface area (TPSA) is 26.7 Å². The second kappa shape index (κ2) is 7.97. The van der Waals surface area contributed by atoms with Gasteiger partial charge in [0.1, 0.15) is 0 Å². The number of rotatable bonds is 6. The van der Waals surface area contributed by atoms with Crippen molar-refractivity contribution in [2.45, 2.75) is 134 Å². The van der Waals surface area contributed by atoms with Crippen LogP contribution in [0.4, 0.5) is 0 Å². The molecule has 3 heteroatoms. The first-order chi connectivity index (χ1) is 17.4. The molecule has 0 radical (unpaired) electrons. The van der Waals surface area contributed by atoms with Gasteiger partial charge in [0.25, 0.3) is 0 Å². The summed E-state index contributed by atoms with van der Waals surface area (Å²) in [6.45, 7) is 9.59. The summed E-state index contributed by atoms with van der Waals surface area (Å²) >= 11 is 0. The minimum atomic E-state index is -0.0970. The van der Waals surface area contributed by atoms with E-state index in [9.17, 15) is 5.11 Å². The highest BCUT2D eigenvalue weighted by molar-refractivity contribution is 5.19. The average Bonchev–Trinajstić information content (AvgIpc) is 2.79. The second-order valence-electron chi connectivity index (χ2n) is 16.6. The number of fused-ring (bicyclic) bond motifs is 2. The fourth-order valence-corrected chi connectivity index (χ4v) is 13.9. The van der Waals surface area contributed by atoms with E-state index in [-0.39, 0.29) is 16.9 Å². The van der Waals surface area contributed by atoms with Crippen molar-refractivity contribution >= 4 is 0 Å². The molecule has 10 aliphatic rings. The van der Waals surface area contributed by atoms with Crippen molar-refractivity contribution in [3.05, 3.63) is 0 Å². The number of hydrogen-bond donors (Lipinski definition) is 1. The molecule has 2 heterocycles. The van der Waals surface area contributed by atoms with Crippen LogP contribution in [0.1, 0.15) is 117 Å². The molecule has 0 aromatic rings. The van der Waals surface area contributed by atoms with E-state index in [0.29, 0.717) is 11.1 Å². The van der Waals surface area contributed by atoms with Gasteiger partial charge in [0, 0.05) is 48.1 Å². The number of aliphatic hydroxyl groups excluding tert-OH is 1. The third-order valence-electron chi connectivity index (χ3n) is 14.0. The zero-order chi connectivity index (χ0) is 24.3. The van der Waals surface area contributed by atoms with E-state index in [0.717, 1.165) is 35.5 Å². The molecule has 0 aromatic heterocycles. The molecule has 2 saturated heterocycles. The molecule has 2 aliphatic heterocycles. The predicted molar refractivity (Wildman–Crippen MR) is 146 cm³/mol. The molecule has 8 saturated carbocycles. The molecule has 0 unspecified atom stereocenters. The minimum absolute atomic E-state index is 0.0904. The predicted octanol–water partition coefficient (Wildman–Crippen LogP) is 6.49. The van der Waals surface area contributed by atoms with Crippen LogP contribution in [0.15, 0.2) is 0 Å². The Morgan fingerprint density at radius 2 is 0.806 bits per heavy atom. The van der Waals surface area contributed by atoms with Gasteiger partial charge in [0.15, 0.2) is 0 Å². The summed E-state index contributed by atoms with van der Waals surface area (Å²) in [5, 5.41) is 12.4. The van der Waals surface area contributed by atoms with Crippen molar-refractivity contribution in [2.75, 3.05) is 26.2 Å². The van der Waals surface area contributed by atoms with E-state index < -0.39 is 0 Å². The van der Waals surface area contributed by atoms with Crippen molar-refractivity contribution in [2.24, 2.45) is 46.3 Å². The quantitative estimate of drug-likeness (QED) is 0.457. The van der Waals surface area contributed by atoms with Gasteiger partial charge in [-0.2, -0.15) is 0 Å². The maximum Gasteiger partial charge on any atom is 0.0701 e. The molecule has 10 fully saturated rings. The average molecular weight is 495 g/mol. The number of piperidine rings is 2. The lowest BCUT2D eigenvalue weighted by atomic mass is 9.49. The lowest BCUT2D eigenvalue weighted by Gasteiger charge is -2.71. The van der Waals surface area contributed by atoms with E-state index in [4.69, 9.17) is 0 Å². The van der Waals surface area contributed by atoms with Crippen LogP contribution in [0, 0.1) is 46.3 Å². The number of aliphatic hydroxyl groups is 1. The van der Waals surface area contributed by atoms with Gasteiger partial charge in [-0.05, 0) is 125 Å². The summed E-state index contributed by atoms with van der Waals surface area (Å²) in [6, 6.07) is 0. The van der Waals surface area contributed by atoms with Crippen LogP contribution < -0.4 is 0 Å². The Balaban J connectivity index is 1.17. The fraction of sp³-hybridized carbons (Fsp3) is 1.00. The Morgan fingerprint density at radius 3 is 1.06 bits per heavy atom. The number of nitrogens with zero attached hydrogens (tertiary/aromatic N) is 2. The first-order valence-electron chi connectivity index (χ1n) is 16.6. The second-order valence-corrected chi connectivity index (χ2v) is 16.6. The van der Waals surface area contributed by atoms with E-state index >= 15 is 0 Å². The first-order valence-corrected chi connectivity index (χ1v) is 16.6. The molecule has 36 heavy (non-hydrogen) atoms. The minimum Gasteiger partial charge on any atom is -0.392 e. The normalized spacial score (nSPS) is 57.6. The highest BCUT2D eigenvalue weighted by Gasteiger charge is 2.66. The third kappa shape index (κ3) is 3.27. The maximum absolute atomic E-state index is 12.4. The Bertz CT molecular complexity index is 726. The fourth-order valence-electron chi connectivity index (χ4n) is 13.9. The number of likely N-dealkylation sites (tertiary alicyclic amines) is 2. The molecular formula is C33H54N2O. The largest absolute Gasteiger partial charge is 0.392 e. The highest BCUT2D eigenvalue weighted by atomic mass is 16.3. The standard InChI is InChI=1S/C33H54N2O/c1-3-5-30-19-34(32-13-23-7-24(14-32)9-25(8-23)15-32)21-31(6-4-2,29(30)36)22-35(20-30)33-16-26-10-27(17-33)12-28(11-26)18-33/h23-29,36H,3-22H2,1-2H3. The maximum atomic E-state index is 12.4. The van der Waals surface area contributed by atoms with Crippen LogP contribution in [0.3, 0.4) is 0 Å². The number of hydrogen-bond acceptors (Lipinski definition) is 3. The van der Waals surface area contributed by atoms with Gasteiger partial charge in [0.2, 0.25) is 0 Å². The molecule has 0 amide bonds. The Labute approximate surface area is 221 Å². The smallest absolute Gasteiger partial charge is 0.0701 e. The zero-order valence-electron chi connectivity index (χ0n) is 23.5. The van der Waals surface area contributed by atoms with Crippen molar-refractivity contribution < 1.29 is 5.11 Å². The van der Waals surface area contributed by atoms with Crippen LogP contribution in [0.25, 0.3) is 0 Å². The summed E-state index contributed by atoms with van der Waals surface area (Å²) in [7, 11) is 0. The molecule has 10 bridgehead atoms. The van der Waals surface area contributed by atoms with Crippen LogP contribution in [-0.4, -0.2) is 58.3 Å². The molecule has 3 nitrogen and oxygen atoms in total. The van der Waals surface area contributed by atoms with Crippen LogP contribution in [-0.2, 0) is 0 Å². The Hall–Kier alpha value is -0.120. The molecule has 202 valence electrons. The molecule has 10 rings (SSSR count). The van der Waals surface area contributed by atoms with Gasteiger partial charge in [-0.25, -0.2) is 0 Å². The van der Waals surface area contributed by atoms with Gasteiger partial charge >= 0.3 is 0 Å². The van der Waals surface area contributed by atoms with Gasteiger partial charge < -0.3 is 5.11 Å². The zero-order valence-corrected chi connectivity index (χ0v) is 23.5. The molecule has 1 N–H and O–H groups in total. The first kappa shape index (κ1) is 23.7. The van der Waals surface area contributed by atoms with Gasteiger partial charge in [-0.15, -0.1) is 0 Å². The van der Waals surface area contributed by atoms with Crippen LogP contribution in [0.2, 0.25) is 0 Å². The monoisotopic (exact) mass is 494 g/mol. The van der Waals surface area contributed by atoms with Crippen LogP contribution in [0.5, 0.6) is 0 Å². The van der Waals surface area contributed by atoms with E-state index in [1.165, 1.54) is 129 Å². The molecular weight excluding hydrogens is 440 g/mol. The summed E-state index contributed by atoms with van der Waals surface area (Å²) in [4.78, 5) is 6.21. The van der Waals surface area contributed by atoms with Crippen molar-refractivity contribution in [1.29, 1.82) is 0 Å². The summed E-state index contributed by atoms with van der Waals surface area (Å²) < 4.78 is 0. The Kier molecular flexibility index (Phi) is 5.26. The van der Waals surface area contributed by atoms with Crippen molar-refractivity contribution in [1.82, 2.24) is 9.80 Å². The summed E-state index contributed by atoms with van der Waals surface area (Å²) in [6.07, 6.45) is 22.9. The lowest BCUT2D eigenvalue weighted by molar-refractivity contribution is -0.248. The SMILES string of the molecule is CCCC12CN(C34CC5CC(CC(C5)C3)C4)CC(CCC)(CN(C34CC5CC(CC(C5)C3)C4)C1)C2O. The van der Waals surface area contributed by atoms with E-state index in [2.05, 4.69) is 23.6 Å². The highest BCUT2D eigenvalue weighted by Crippen LogP contribution is 2.64. The molecule has 0 spiro atoms. The van der Waals surface area contributed by atoms with Crippen molar-refractivity contribution in [3.8, 4) is 0 Å². The van der Waals surface area contributed by atoms with Gasteiger partial charge in [-0.1, -0.05) is 26.7 Å². The van der Waals surface area contributed by atoms with Crippen LogP contribution >= 0.6 is 0 Å². The van der Waals surface area contributed by atoms with Gasteiger partial charge in [0.05, 0.1) is 6.10 Å². The van der Waals surface area contributed by atoms with Crippen molar-refractivity contribution in [3.63, 3.8) is 0 Å². The van der Waals surface area contributed by atoms with Gasteiger partial charge in [-0.3, -0.25) is 9.80 Å². The van der Waals surface area contributed by atoms with E-state index in [1.807, 2.05) is 0 Å². The Morgan fingerprint density at radius 1 is 0.528 bits per heavy atom. The van der Waals surface area contributed by atoms with E-state index in [1.54, 1.807) is 0 Å². The lowest BCUT2D eigenvalue weighted by Crippen LogP contribution is -2.78. The summed E-state index contributed by atoms with van der Waals surface area (Å²) in [5.74, 6) is 6.06. The molecule has 0 aromatic carbocycles. The third-order valence-corrected chi connectivity index (χ3v) is 14.0. The molecule has 8 aliphatic carbocycles.